The molecule has 1 aromatic carbocycles. The first-order chi connectivity index (χ1) is 12.7. The molecule has 1 heterocycles. The van der Waals surface area contributed by atoms with Gasteiger partial charge in [-0.1, -0.05) is 45.0 Å². The van der Waals surface area contributed by atoms with Gasteiger partial charge in [-0.2, -0.15) is 0 Å². The third-order valence-electron chi connectivity index (χ3n) is 4.38. The highest BCUT2D eigenvalue weighted by atomic mass is 16.5. The van der Waals surface area contributed by atoms with Gasteiger partial charge in [0.15, 0.2) is 0 Å². The largest absolute Gasteiger partial charge is 0.496 e. The number of para-hydroxylation sites is 1. The number of ether oxygens (including phenoxy) is 1. The Bertz CT molecular complexity index is 795. The van der Waals surface area contributed by atoms with Crippen molar-refractivity contribution in [1.29, 1.82) is 0 Å². The van der Waals surface area contributed by atoms with E-state index in [9.17, 15) is 14.7 Å². The highest BCUT2D eigenvalue weighted by molar-refractivity contribution is 5.92. The third-order valence-corrected chi connectivity index (χ3v) is 4.38. The molecule has 1 amide bonds. The lowest BCUT2D eigenvalue weighted by molar-refractivity contribution is -0.141. The fourth-order valence-corrected chi connectivity index (χ4v) is 2.66. The average molecular weight is 370 g/mol. The van der Waals surface area contributed by atoms with Crippen LogP contribution in [0, 0.1) is 5.92 Å². The first-order valence-electron chi connectivity index (χ1n) is 8.82. The Balaban J connectivity index is 2.03. The number of aliphatic carboxylic acids is 1. The number of carbonyl (C=O) groups excluding carboxylic acids is 1. The quantitative estimate of drug-likeness (QED) is 0.782. The summed E-state index contributed by atoms with van der Waals surface area (Å²) in [5, 5.41) is 12.2. The molecule has 0 bridgehead atoms. The normalized spacial score (nSPS) is 12.3. The van der Waals surface area contributed by atoms with Gasteiger partial charge in [-0.05, 0) is 35.1 Å². The Hall–Kier alpha value is -2.89. The molecule has 0 radical (unpaired) electrons. The van der Waals surface area contributed by atoms with E-state index in [1.807, 2.05) is 24.3 Å². The van der Waals surface area contributed by atoms with E-state index in [-0.39, 0.29) is 30.0 Å². The number of carboxylic acids is 1. The number of rotatable bonds is 7. The van der Waals surface area contributed by atoms with Crippen molar-refractivity contribution in [3.63, 3.8) is 0 Å². The summed E-state index contributed by atoms with van der Waals surface area (Å²) < 4.78 is 5.27. The molecule has 0 spiro atoms. The van der Waals surface area contributed by atoms with Crippen molar-refractivity contribution < 1.29 is 19.4 Å². The van der Waals surface area contributed by atoms with Gasteiger partial charge in [0.2, 0.25) is 0 Å². The summed E-state index contributed by atoms with van der Waals surface area (Å²) in [6.07, 6.45) is 1.94. The van der Waals surface area contributed by atoms with Crippen LogP contribution in [-0.2, 0) is 16.6 Å². The van der Waals surface area contributed by atoms with Crippen molar-refractivity contribution in [3.8, 4) is 5.75 Å². The number of benzene rings is 1. The van der Waals surface area contributed by atoms with Crippen LogP contribution < -0.4 is 10.1 Å². The van der Waals surface area contributed by atoms with Crippen LogP contribution in [0.5, 0.6) is 5.75 Å². The van der Waals surface area contributed by atoms with E-state index in [2.05, 4.69) is 31.1 Å². The summed E-state index contributed by atoms with van der Waals surface area (Å²) in [7, 11) is 1.54. The van der Waals surface area contributed by atoms with Gasteiger partial charge in [-0.25, -0.2) is 0 Å². The smallest absolute Gasteiger partial charge is 0.308 e. The number of amides is 1. The van der Waals surface area contributed by atoms with Crippen LogP contribution in [0.3, 0.4) is 0 Å². The van der Waals surface area contributed by atoms with Gasteiger partial charge < -0.3 is 15.2 Å². The summed E-state index contributed by atoms with van der Waals surface area (Å²) in [4.78, 5) is 28.1. The molecule has 6 nitrogen and oxygen atoms in total. The molecule has 0 aliphatic heterocycles. The number of aromatic nitrogens is 1. The Morgan fingerprint density at radius 1 is 1.19 bits per heavy atom. The fourth-order valence-electron chi connectivity index (χ4n) is 2.66. The topological polar surface area (TPSA) is 88.5 Å². The molecule has 2 aromatic rings. The predicted octanol–water partition coefficient (Wildman–Crippen LogP) is 3.06. The van der Waals surface area contributed by atoms with Crippen LogP contribution >= 0.6 is 0 Å². The van der Waals surface area contributed by atoms with Gasteiger partial charge in [0.05, 0.1) is 13.0 Å². The lowest BCUT2D eigenvalue weighted by atomic mass is 9.88. The highest BCUT2D eigenvalue weighted by Gasteiger charge is 2.21. The first-order valence-corrected chi connectivity index (χ1v) is 8.82. The number of nitrogens with zero attached hydrogens (tertiary/aromatic N) is 1. The number of methoxy groups -OCH3 is 1. The van der Waals surface area contributed by atoms with E-state index >= 15 is 0 Å². The standard InChI is InChI=1S/C21H26N2O4/c1-21(2,3)16-9-10-17(22-13-16)19(24)23-12-15(20(25)26)11-14-7-5-6-8-18(14)27-4/h5-10,13,15H,11-12H2,1-4H3,(H,23,24)(H,25,26). The molecule has 6 heteroatoms. The van der Waals surface area contributed by atoms with E-state index in [0.717, 1.165) is 11.1 Å². The van der Waals surface area contributed by atoms with Crippen LogP contribution in [-0.4, -0.2) is 35.6 Å². The molecule has 1 unspecified atom stereocenters. The monoisotopic (exact) mass is 370 g/mol. The molecule has 1 aromatic heterocycles. The predicted molar refractivity (Wildman–Crippen MR) is 103 cm³/mol. The van der Waals surface area contributed by atoms with Crippen molar-refractivity contribution in [2.24, 2.45) is 5.92 Å². The molecule has 0 fully saturated rings. The lowest BCUT2D eigenvalue weighted by Crippen LogP contribution is -2.34. The second-order valence-corrected chi connectivity index (χ2v) is 7.44. The summed E-state index contributed by atoms with van der Waals surface area (Å²) in [6, 6.07) is 10.8. The van der Waals surface area contributed by atoms with Gasteiger partial charge >= 0.3 is 5.97 Å². The van der Waals surface area contributed by atoms with Crippen LogP contribution in [0.25, 0.3) is 0 Å². The zero-order valence-corrected chi connectivity index (χ0v) is 16.2. The summed E-state index contributed by atoms with van der Waals surface area (Å²) in [5.41, 5.74) is 2.03. The minimum Gasteiger partial charge on any atom is -0.496 e. The van der Waals surface area contributed by atoms with Gasteiger partial charge in [0.25, 0.3) is 5.91 Å². The van der Waals surface area contributed by atoms with E-state index < -0.39 is 11.9 Å². The minimum absolute atomic E-state index is 0.00885. The maximum Gasteiger partial charge on any atom is 0.308 e. The van der Waals surface area contributed by atoms with E-state index in [0.29, 0.717) is 5.75 Å². The number of carbonyl (C=O) groups is 2. The summed E-state index contributed by atoms with van der Waals surface area (Å²) in [6.45, 7) is 6.21. The molecular formula is C21H26N2O4. The number of nitrogens with one attached hydrogen (secondary N) is 1. The fraction of sp³-hybridized carbons (Fsp3) is 0.381. The maximum atomic E-state index is 12.3. The van der Waals surface area contributed by atoms with Gasteiger partial charge in [-0.15, -0.1) is 0 Å². The molecule has 2 N–H and O–H groups in total. The van der Waals surface area contributed by atoms with Crippen molar-refractivity contribution in [1.82, 2.24) is 10.3 Å². The Morgan fingerprint density at radius 2 is 1.89 bits per heavy atom. The maximum absolute atomic E-state index is 12.3. The SMILES string of the molecule is COc1ccccc1CC(CNC(=O)c1ccc(C(C)(C)C)cn1)C(=O)O. The van der Waals surface area contributed by atoms with Gasteiger partial charge in [-0.3, -0.25) is 14.6 Å². The van der Waals surface area contributed by atoms with Crippen molar-refractivity contribution in [2.45, 2.75) is 32.6 Å². The van der Waals surface area contributed by atoms with Gasteiger partial charge in [0, 0.05) is 12.7 Å². The first kappa shape index (κ1) is 20.4. The zero-order valence-electron chi connectivity index (χ0n) is 16.2. The number of hydrogen-bond donors (Lipinski definition) is 2. The Labute approximate surface area is 159 Å². The number of carboxylic acid groups (broad SMARTS) is 1. The zero-order chi connectivity index (χ0) is 20.0. The lowest BCUT2D eigenvalue weighted by Gasteiger charge is -2.18. The van der Waals surface area contributed by atoms with Crippen molar-refractivity contribution >= 4 is 11.9 Å². The van der Waals surface area contributed by atoms with Gasteiger partial charge in [0.1, 0.15) is 11.4 Å². The number of hydrogen-bond acceptors (Lipinski definition) is 4. The molecule has 0 saturated heterocycles. The molecule has 0 aliphatic rings. The van der Waals surface area contributed by atoms with E-state index in [1.54, 1.807) is 25.4 Å². The third kappa shape index (κ3) is 5.54. The van der Waals surface area contributed by atoms with Crippen LogP contribution in [0.15, 0.2) is 42.6 Å². The second-order valence-electron chi connectivity index (χ2n) is 7.44. The number of pyridine rings is 1. The highest BCUT2D eigenvalue weighted by Crippen LogP contribution is 2.22. The van der Waals surface area contributed by atoms with E-state index in [4.69, 9.17) is 4.74 Å². The van der Waals surface area contributed by atoms with Crippen LogP contribution in [0.2, 0.25) is 0 Å². The molecule has 1 atom stereocenters. The van der Waals surface area contributed by atoms with Crippen molar-refractivity contribution in [3.05, 3.63) is 59.4 Å². The second kappa shape index (κ2) is 8.66. The van der Waals surface area contributed by atoms with Crippen LogP contribution in [0.4, 0.5) is 0 Å². The summed E-state index contributed by atoms with van der Waals surface area (Å²) >= 11 is 0. The molecular weight excluding hydrogens is 344 g/mol. The minimum atomic E-state index is -0.975. The Kier molecular flexibility index (Phi) is 6.55. The molecule has 0 saturated carbocycles. The average Bonchev–Trinajstić information content (AvgIpc) is 2.64. The molecule has 2 rings (SSSR count). The van der Waals surface area contributed by atoms with Crippen LogP contribution in [0.1, 0.15) is 42.4 Å². The Morgan fingerprint density at radius 3 is 2.44 bits per heavy atom. The molecule has 144 valence electrons. The molecule has 0 aliphatic carbocycles. The molecule has 27 heavy (non-hydrogen) atoms. The van der Waals surface area contributed by atoms with Crippen molar-refractivity contribution in [2.75, 3.05) is 13.7 Å². The summed E-state index contributed by atoms with van der Waals surface area (Å²) in [5.74, 6) is -1.49. The van der Waals surface area contributed by atoms with E-state index in [1.165, 1.54) is 0 Å².